The molecule has 1 saturated heterocycles. The maximum Gasteiger partial charge on any atom is 0.244 e. The zero-order chi connectivity index (χ0) is 13.0. The summed E-state index contributed by atoms with van der Waals surface area (Å²) >= 11 is 0. The number of piperazine rings is 1. The van der Waals surface area contributed by atoms with E-state index in [0.717, 1.165) is 17.8 Å². The fourth-order valence-electron chi connectivity index (χ4n) is 1.79. The maximum atomic E-state index is 11.8. The van der Waals surface area contributed by atoms with Gasteiger partial charge < -0.3 is 15.5 Å². The molecule has 0 unspecified atom stereocenters. The molecule has 1 aromatic heterocycles. The summed E-state index contributed by atoms with van der Waals surface area (Å²) in [4.78, 5) is 28.9. The van der Waals surface area contributed by atoms with E-state index in [1.807, 2.05) is 6.92 Å². The highest BCUT2D eigenvalue weighted by Crippen LogP contribution is 2.11. The van der Waals surface area contributed by atoms with Gasteiger partial charge in [0.15, 0.2) is 0 Å². The SMILES string of the molecule is Cc1cnccc1NC(=O)CN1CCNCC1=O. The molecule has 0 radical (unpaired) electrons. The van der Waals surface area contributed by atoms with Crippen LogP contribution in [0.25, 0.3) is 0 Å². The number of hydrogen-bond acceptors (Lipinski definition) is 4. The molecule has 0 atom stereocenters. The summed E-state index contributed by atoms with van der Waals surface area (Å²) in [7, 11) is 0. The molecule has 2 heterocycles. The van der Waals surface area contributed by atoms with Crippen LogP contribution in [0.5, 0.6) is 0 Å². The van der Waals surface area contributed by atoms with Crippen molar-refractivity contribution in [2.75, 3.05) is 31.5 Å². The topological polar surface area (TPSA) is 74.3 Å². The molecule has 6 heteroatoms. The van der Waals surface area contributed by atoms with Crippen molar-refractivity contribution in [3.8, 4) is 0 Å². The molecular formula is C12H16N4O2. The second-order valence-corrected chi connectivity index (χ2v) is 4.23. The van der Waals surface area contributed by atoms with Gasteiger partial charge in [0, 0.05) is 31.2 Å². The molecule has 2 N–H and O–H groups in total. The first kappa shape index (κ1) is 12.5. The highest BCUT2D eigenvalue weighted by Gasteiger charge is 2.20. The van der Waals surface area contributed by atoms with E-state index in [2.05, 4.69) is 15.6 Å². The number of anilines is 1. The third-order valence-corrected chi connectivity index (χ3v) is 2.82. The number of aromatic nitrogens is 1. The van der Waals surface area contributed by atoms with Crippen LogP contribution >= 0.6 is 0 Å². The maximum absolute atomic E-state index is 11.8. The van der Waals surface area contributed by atoms with E-state index >= 15 is 0 Å². The summed E-state index contributed by atoms with van der Waals surface area (Å²) in [6.45, 7) is 3.58. The molecule has 0 saturated carbocycles. The predicted molar refractivity (Wildman–Crippen MR) is 67.1 cm³/mol. The number of rotatable bonds is 3. The van der Waals surface area contributed by atoms with Crippen molar-refractivity contribution in [3.63, 3.8) is 0 Å². The Morgan fingerprint density at radius 1 is 1.61 bits per heavy atom. The van der Waals surface area contributed by atoms with Crippen molar-refractivity contribution in [1.82, 2.24) is 15.2 Å². The standard InChI is InChI=1S/C12H16N4O2/c1-9-6-13-3-2-10(9)15-11(17)8-16-5-4-14-7-12(16)18/h2-3,6,14H,4-5,7-8H2,1H3,(H,13,15,17). The van der Waals surface area contributed by atoms with Gasteiger partial charge in [0.1, 0.15) is 0 Å². The van der Waals surface area contributed by atoms with Crippen molar-refractivity contribution in [3.05, 3.63) is 24.0 Å². The number of nitrogens with zero attached hydrogens (tertiary/aromatic N) is 2. The molecule has 1 aliphatic heterocycles. The van der Waals surface area contributed by atoms with Crippen LogP contribution in [-0.2, 0) is 9.59 Å². The third-order valence-electron chi connectivity index (χ3n) is 2.82. The van der Waals surface area contributed by atoms with Crippen LogP contribution in [0, 0.1) is 6.92 Å². The molecule has 0 aliphatic carbocycles. The molecule has 96 valence electrons. The van der Waals surface area contributed by atoms with E-state index in [-0.39, 0.29) is 18.4 Å². The number of hydrogen-bond donors (Lipinski definition) is 2. The molecule has 18 heavy (non-hydrogen) atoms. The van der Waals surface area contributed by atoms with Crippen molar-refractivity contribution in [1.29, 1.82) is 0 Å². The zero-order valence-electron chi connectivity index (χ0n) is 10.3. The summed E-state index contributed by atoms with van der Waals surface area (Å²) in [5.41, 5.74) is 1.63. The van der Waals surface area contributed by atoms with Crippen molar-refractivity contribution < 1.29 is 9.59 Å². The summed E-state index contributed by atoms with van der Waals surface area (Å²) in [6.07, 6.45) is 3.31. The molecular weight excluding hydrogens is 232 g/mol. The first-order valence-corrected chi connectivity index (χ1v) is 5.86. The minimum atomic E-state index is -0.181. The lowest BCUT2D eigenvalue weighted by atomic mass is 10.2. The monoisotopic (exact) mass is 248 g/mol. The van der Waals surface area contributed by atoms with Gasteiger partial charge in [-0.3, -0.25) is 14.6 Å². The van der Waals surface area contributed by atoms with Crippen LogP contribution in [0.1, 0.15) is 5.56 Å². The number of aryl methyl sites for hydroxylation is 1. The van der Waals surface area contributed by atoms with Crippen molar-refractivity contribution in [2.45, 2.75) is 6.92 Å². The molecule has 1 fully saturated rings. The molecule has 0 spiro atoms. The minimum absolute atomic E-state index is 0.0390. The molecule has 6 nitrogen and oxygen atoms in total. The number of carbonyl (C=O) groups excluding carboxylic acids is 2. The Balaban J connectivity index is 1.92. The quantitative estimate of drug-likeness (QED) is 0.774. The molecule has 2 amide bonds. The fraction of sp³-hybridized carbons (Fsp3) is 0.417. The summed E-state index contributed by atoms with van der Waals surface area (Å²) in [5, 5.41) is 5.75. The van der Waals surface area contributed by atoms with E-state index in [9.17, 15) is 9.59 Å². The van der Waals surface area contributed by atoms with Crippen LogP contribution in [0.4, 0.5) is 5.69 Å². The largest absolute Gasteiger partial charge is 0.331 e. The number of amides is 2. The average Bonchev–Trinajstić information content (AvgIpc) is 2.35. The molecule has 2 rings (SSSR count). The predicted octanol–water partition coefficient (Wildman–Crippen LogP) is -0.240. The highest BCUT2D eigenvalue weighted by molar-refractivity contribution is 5.95. The van der Waals surface area contributed by atoms with Crippen LogP contribution in [0.3, 0.4) is 0 Å². The van der Waals surface area contributed by atoms with Gasteiger partial charge in [-0.25, -0.2) is 0 Å². The Bertz CT molecular complexity index is 461. The van der Waals surface area contributed by atoms with E-state index < -0.39 is 0 Å². The first-order chi connectivity index (χ1) is 8.66. The van der Waals surface area contributed by atoms with Gasteiger partial charge in [0.25, 0.3) is 0 Å². The summed E-state index contributed by atoms with van der Waals surface area (Å²) in [6, 6.07) is 1.74. The smallest absolute Gasteiger partial charge is 0.244 e. The van der Waals surface area contributed by atoms with Crippen LogP contribution in [0.2, 0.25) is 0 Å². The van der Waals surface area contributed by atoms with Gasteiger partial charge in [0.2, 0.25) is 11.8 Å². The second-order valence-electron chi connectivity index (χ2n) is 4.23. The second kappa shape index (κ2) is 5.59. The van der Waals surface area contributed by atoms with Crippen LogP contribution < -0.4 is 10.6 Å². The van der Waals surface area contributed by atoms with Gasteiger partial charge in [-0.2, -0.15) is 0 Å². The third kappa shape index (κ3) is 3.04. The normalized spacial score (nSPS) is 15.6. The number of carbonyl (C=O) groups is 2. The molecule has 1 aromatic rings. The van der Waals surface area contributed by atoms with E-state index in [0.29, 0.717) is 13.1 Å². The zero-order valence-corrected chi connectivity index (χ0v) is 10.3. The van der Waals surface area contributed by atoms with Crippen molar-refractivity contribution >= 4 is 17.5 Å². The van der Waals surface area contributed by atoms with Crippen LogP contribution in [-0.4, -0.2) is 47.9 Å². The van der Waals surface area contributed by atoms with Gasteiger partial charge in [0.05, 0.1) is 13.1 Å². The van der Waals surface area contributed by atoms with E-state index in [1.54, 1.807) is 23.4 Å². The highest BCUT2D eigenvalue weighted by atomic mass is 16.2. The molecule has 0 bridgehead atoms. The lowest BCUT2D eigenvalue weighted by Gasteiger charge is -2.26. The Kier molecular flexibility index (Phi) is 3.88. The van der Waals surface area contributed by atoms with Crippen molar-refractivity contribution in [2.24, 2.45) is 0 Å². The minimum Gasteiger partial charge on any atom is -0.331 e. The fourth-order valence-corrected chi connectivity index (χ4v) is 1.79. The van der Waals surface area contributed by atoms with E-state index in [1.165, 1.54) is 0 Å². The van der Waals surface area contributed by atoms with Gasteiger partial charge >= 0.3 is 0 Å². The van der Waals surface area contributed by atoms with Gasteiger partial charge in [-0.15, -0.1) is 0 Å². The van der Waals surface area contributed by atoms with E-state index in [4.69, 9.17) is 0 Å². The van der Waals surface area contributed by atoms with Gasteiger partial charge in [-0.05, 0) is 18.6 Å². The Hall–Kier alpha value is -1.95. The average molecular weight is 248 g/mol. The Morgan fingerprint density at radius 3 is 3.17 bits per heavy atom. The Morgan fingerprint density at radius 2 is 2.44 bits per heavy atom. The van der Waals surface area contributed by atoms with Gasteiger partial charge in [-0.1, -0.05) is 0 Å². The molecule has 1 aliphatic rings. The lowest BCUT2D eigenvalue weighted by molar-refractivity contribution is -0.135. The lowest BCUT2D eigenvalue weighted by Crippen LogP contribution is -2.50. The Labute approximate surface area is 105 Å². The number of pyridine rings is 1. The first-order valence-electron chi connectivity index (χ1n) is 5.86. The molecule has 0 aromatic carbocycles. The summed E-state index contributed by atoms with van der Waals surface area (Å²) < 4.78 is 0. The number of nitrogens with one attached hydrogen (secondary N) is 2. The van der Waals surface area contributed by atoms with Crippen LogP contribution in [0.15, 0.2) is 18.5 Å². The summed E-state index contributed by atoms with van der Waals surface area (Å²) in [5.74, 6) is -0.220.